The van der Waals surface area contributed by atoms with Crippen LogP contribution >= 0.6 is 0 Å². The van der Waals surface area contributed by atoms with Gasteiger partial charge in [0.1, 0.15) is 5.75 Å². The smallest absolute Gasteiger partial charge is 0.330 e. The zero-order valence-corrected chi connectivity index (χ0v) is 13.7. The third-order valence-electron chi connectivity index (χ3n) is 3.69. The first-order valence-corrected chi connectivity index (χ1v) is 7.83. The highest BCUT2D eigenvalue weighted by Gasteiger charge is 2.27. The summed E-state index contributed by atoms with van der Waals surface area (Å²) in [4.78, 5) is 24.0. The lowest BCUT2D eigenvalue weighted by Gasteiger charge is -2.21. The topological polar surface area (TPSA) is 75.6 Å². The minimum atomic E-state index is -1.11. The van der Waals surface area contributed by atoms with E-state index >= 15 is 0 Å². The van der Waals surface area contributed by atoms with Crippen molar-refractivity contribution in [1.82, 2.24) is 5.32 Å². The first kappa shape index (κ1) is 17.5. The number of amides is 1. The molecule has 0 aliphatic carbocycles. The number of carbonyl (C=O) groups excluding carboxylic acids is 1. The summed E-state index contributed by atoms with van der Waals surface area (Å²) in [5.74, 6) is -0.941. The molecule has 24 heavy (non-hydrogen) atoms. The molecule has 0 aliphatic heterocycles. The van der Waals surface area contributed by atoms with E-state index in [9.17, 15) is 14.7 Å². The van der Waals surface area contributed by atoms with Gasteiger partial charge in [-0.1, -0.05) is 55.5 Å². The molecule has 0 spiro atoms. The summed E-state index contributed by atoms with van der Waals surface area (Å²) in [6.07, 6.45) is -0.321. The fourth-order valence-corrected chi connectivity index (χ4v) is 2.33. The Balaban J connectivity index is 2.13. The fraction of sp³-hybridized carbons (Fsp3) is 0.263. The summed E-state index contributed by atoms with van der Waals surface area (Å²) >= 11 is 0. The van der Waals surface area contributed by atoms with Gasteiger partial charge in [-0.05, 0) is 30.5 Å². The Bertz CT molecular complexity index is 700. The highest BCUT2D eigenvalue weighted by atomic mass is 16.5. The summed E-state index contributed by atoms with van der Waals surface area (Å²) in [7, 11) is 0. The predicted molar refractivity (Wildman–Crippen MR) is 90.8 cm³/mol. The SMILES string of the molecule is CCC(Oc1ccccc1C)C(=O)NC(C(=O)O)c1ccccc1. The van der Waals surface area contributed by atoms with Crippen molar-refractivity contribution in [3.63, 3.8) is 0 Å². The number of carboxylic acid groups (broad SMARTS) is 1. The summed E-state index contributed by atoms with van der Waals surface area (Å²) in [5.41, 5.74) is 1.44. The van der Waals surface area contributed by atoms with Gasteiger partial charge in [0, 0.05) is 0 Å². The summed E-state index contributed by atoms with van der Waals surface area (Å²) in [6.45, 7) is 3.71. The molecule has 2 rings (SSSR count). The number of carboxylic acids is 1. The van der Waals surface area contributed by atoms with Gasteiger partial charge in [-0.25, -0.2) is 4.79 Å². The van der Waals surface area contributed by atoms with E-state index in [1.807, 2.05) is 32.0 Å². The average molecular weight is 327 g/mol. The zero-order chi connectivity index (χ0) is 17.5. The first-order chi connectivity index (χ1) is 11.5. The van der Waals surface area contributed by atoms with Crippen molar-refractivity contribution in [3.8, 4) is 5.75 Å². The zero-order valence-electron chi connectivity index (χ0n) is 13.7. The molecule has 0 bridgehead atoms. The molecule has 0 saturated carbocycles. The molecule has 2 atom stereocenters. The minimum Gasteiger partial charge on any atom is -0.480 e. The molecule has 2 N–H and O–H groups in total. The average Bonchev–Trinajstić information content (AvgIpc) is 2.59. The molecule has 0 aromatic heterocycles. The van der Waals surface area contributed by atoms with Crippen molar-refractivity contribution in [2.75, 3.05) is 0 Å². The van der Waals surface area contributed by atoms with Gasteiger partial charge in [0.05, 0.1) is 0 Å². The molecule has 0 radical (unpaired) electrons. The summed E-state index contributed by atoms with van der Waals surface area (Å²) in [5, 5.41) is 12.0. The Morgan fingerprint density at radius 2 is 1.71 bits per heavy atom. The minimum absolute atomic E-state index is 0.432. The van der Waals surface area contributed by atoms with Crippen LogP contribution in [-0.2, 0) is 9.59 Å². The highest BCUT2D eigenvalue weighted by Crippen LogP contribution is 2.20. The van der Waals surface area contributed by atoms with Crippen LogP contribution in [0.2, 0.25) is 0 Å². The molecule has 2 unspecified atom stereocenters. The Morgan fingerprint density at radius 1 is 1.08 bits per heavy atom. The maximum Gasteiger partial charge on any atom is 0.330 e. The molecule has 0 aliphatic rings. The van der Waals surface area contributed by atoms with Crippen molar-refractivity contribution in [3.05, 3.63) is 65.7 Å². The van der Waals surface area contributed by atoms with Crippen LogP contribution in [0.3, 0.4) is 0 Å². The van der Waals surface area contributed by atoms with Crippen LogP contribution in [0.1, 0.15) is 30.5 Å². The number of nitrogens with one attached hydrogen (secondary N) is 1. The van der Waals surface area contributed by atoms with Gasteiger partial charge in [0.2, 0.25) is 0 Å². The van der Waals surface area contributed by atoms with E-state index < -0.39 is 24.0 Å². The van der Waals surface area contributed by atoms with E-state index in [1.54, 1.807) is 36.4 Å². The van der Waals surface area contributed by atoms with Gasteiger partial charge in [0.15, 0.2) is 12.1 Å². The molecule has 126 valence electrons. The second kappa shape index (κ2) is 8.15. The lowest BCUT2D eigenvalue weighted by molar-refractivity contribution is -0.143. The molecular weight excluding hydrogens is 306 g/mol. The molecule has 0 fully saturated rings. The number of aliphatic carboxylic acids is 1. The third kappa shape index (κ3) is 4.35. The number of benzene rings is 2. The van der Waals surface area contributed by atoms with Crippen LogP contribution in [0.25, 0.3) is 0 Å². The van der Waals surface area contributed by atoms with Crippen LogP contribution in [0.5, 0.6) is 5.75 Å². The van der Waals surface area contributed by atoms with E-state index in [0.717, 1.165) is 5.56 Å². The number of hydrogen-bond acceptors (Lipinski definition) is 3. The van der Waals surface area contributed by atoms with Gasteiger partial charge in [-0.2, -0.15) is 0 Å². The van der Waals surface area contributed by atoms with Gasteiger partial charge in [0.25, 0.3) is 5.91 Å². The maximum absolute atomic E-state index is 12.5. The van der Waals surface area contributed by atoms with E-state index in [4.69, 9.17) is 4.74 Å². The van der Waals surface area contributed by atoms with Crippen molar-refractivity contribution in [2.24, 2.45) is 0 Å². The van der Waals surface area contributed by atoms with Gasteiger partial charge in [-0.3, -0.25) is 4.79 Å². The number of rotatable bonds is 7. The van der Waals surface area contributed by atoms with E-state index in [0.29, 0.717) is 17.7 Å². The molecular formula is C19H21NO4. The van der Waals surface area contributed by atoms with E-state index in [2.05, 4.69) is 5.32 Å². The monoisotopic (exact) mass is 327 g/mol. The van der Waals surface area contributed by atoms with Crippen molar-refractivity contribution in [2.45, 2.75) is 32.4 Å². The number of para-hydroxylation sites is 1. The van der Waals surface area contributed by atoms with Gasteiger partial charge in [-0.15, -0.1) is 0 Å². The molecule has 2 aromatic rings. The standard InChI is InChI=1S/C19H21NO4/c1-3-15(24-16-12-8-7-9-13(16)2)18(21)20-17(19(22)23)14-10-5-4-6-11-14/h4-12,15,17H,3H2,1-2H3,(H,20,21)(H,22,23). The first-order valence-electron chi connectivity index (χ1n) is 7.83. The Labute approximate surface area is 141 Å². The van der Waals surface area contributed by atoms with Crippen LogP contribution in [-0.4, -0.2) is 23.1 Å². The molecule has 5 nitrogen and oxygen atoms in total. The van der Waals surface area contributed by atoms with Crippen LogP contribution in [0.15, 0.2) is 54.6 Å². The fourth-order valence-electron chi connectivity index (χ4n) is 2.33. The van der Waals surface area contributed by atoms with Crippen molar-refractivity contribution < 1.29 is 19.4 Å². The Hall–Kier alpha value is -2.82. The predicted octanol–water partition coefficient (Wildman–Crippen LogP) is 3.09. The number of ether oxygens (including phenoxy) is 1. The summed E-state index contributed by atoms with van der Waals surface area (Å²) in [6, 6.07) is 14.9. The number of carbonyl (C=O) groups is 2. The lowest BCUT2D eigenvalue weighted by Crippen LogP contribution is -2.42. The molecule has 1 amide bonds. The number of hydrogen-bond donors (Lipinski definition) is 2. The lowest BCUT2D eigenvalue weighted by atomic mass is 10.1. The van der Waals surface area contributed by atoms with Crippen LogP contribution < -0.4 is 10.1 Å². The Morgan fingerprint density at radius 3 is 2.29 bits per heavy atom. The maximum atomic E-state index is 12.5. The highest BCUT2D eigenvalue weighted by molar-refractivity contribution is 5.87. The van der Waals surface area contributed by atoms with E-state index in [-0.39, 0.29) is 0 Å². The largest absolute Gasteiger partial charge is 0.480 e. The quantitative estimate of drug-likeness (QED) is 0.819. The van der Waals surface area contributed by atoms with Gasteiger partial charge >= 0.3 is 5.97 Å². The normalized spacial score (nSPS) is 12.9. The molecule has 5 heteroatoms. The summed E-state index contributed by atoms with van der Waals surface area (Å²) < 4.78 is 5.77. The molecule has 2 aromatic carbocycles. The van der Waals surface area contributed by atoms with Crippen LogP contribution in [0, 0.1) is 6.92 Å². The second-order valence-corrected chi connectivity index (χ2v) is 5.47. The van der Waals surface area contributed by atoms with Crippen molar-refractivity contribution >= 4 is 11.9 Å². The van der Waals surface area contributed by atoms with E-state index in [1.165, 1.54) is 0 Å². The second-order valence-electron chi connectivity index (χ2n) is 5.47. The number of aryl methyl sites for hydroxylation is 1. The Kier molecular flexibility index (Phi) is 5.95. The van der Waals surface area contributed by atoms with Crippen molar-refractivity contribution in [1.29, 1.82) is 0 Å². The molecule has 0 saturated heterocycles. The molecule has 0 heterocycles. The van der Waals surface area contributed by atoms with Crippen LogP contribution in [0.4, 0.5) is 0 Å². The van der Waals surface area contributed by atoms with Gasteiger partial charge < -0.3 is 15.2 Å². The third-order valence-corrected chi connectivity index (χ3v) is 3.69.